The lowest BCUT2D eigenvalue weighted by Gasteiger charge is -2.45. The number of amides is 1. The average Bonchev–Trinajstić information content (AvgIpc) is 2.65. The van der Waals surface area contributed by atoms with Gasteiger partial charge in [-0.3, -0.25) is 4.79 Å². The number of carbonyl (C=O) groups excluding carboxylic acids is 1. The van der Waals surface area contributed by atoms with Crippen LogP contribution in [0.15, 0.2) is 48.5 Å². The first-order chi connectivity index (χ1) is 12.2. The van der Waals surface area contributed by atoms with Gasteiger partial charge in [-0.1, -0.05) is 42.5 Å². The first kappa shape index (κ1) is 16.3. The molecule has 3 fully saturated rings. The third kappa shape index (κ3) is 3.47. The van der Waals surface area contributed by atoms with Crippen LogP contribution in [-0.4, -0.2) is 36.5 Å². The smallest absolute Gasteiger partial charge is 0.251 e. The summed E-state index contributed by atoms with van der Waals surface area (Å²) in [5, 5.41) is 3.34. The molecule has 3 heterocycles. The molecular formula is C22H26N2O. The number of nitrogens with zero attached hydrogens (tertiary/aromatic N) is 1. The maximum Gasteiger partial charge on any atom is 0.251 e. The minimum atomic E-state index is 0.0911. The summed E-state index contributed by atoms with van der Waals surface area (Å²) in [4.78, 5) is 15.5. The second-order valence-electron chi connectivity index (χ2n) is 7.48. The van der Waals surface area contributed by atoms with Gasteiger partial charge in [0.1, 0.15) is 0 Å². The van der Waals surface area contributed by atoms with Gasteiger partial charge in [0.15, 0.2) is 0 Å². The third-order valence-electron chi connectivity index (χ3n) is 5.85. The highest BCUT2D eigenvalue weighted by molar-refractivity contribution is 5.96. The minimum Gasteiger partial charge on any atom is -0.348 e. The average molecular weight is 334 g/mol. The molecule has 25 heavy (non-hydrogen) atoms. The highest BCUT2D eigenvalue weighted by Gasteiger charge is 2.35. The van der Waals surface area contributed by atoms with Crippen molar-refractivity contribution in [1.82, 2.24) is 10.2 Å². The molecule has 3 aliphatic heterocycles. The van der Waals surface area contributed by atoms with Crippen LogP contribution in [0.3, 0.4) is 0 Å². The monoisotopic (exact) mass is 334 g/mol. The van der Waals surface area contributed by atoms with Gasteiger partial charge >= 0.3 is 0 Å². The van der Waals surface area contributed by atoms with Crippen molar-refractivity contribution in [2.24, 2.45) is 5.92 Å². The Balaban J connectivity index is 1.55. The van der Waals surface area contributed by atoms with E-state index in [4.69, 9.17) is 0 Å². The van der Waals surface area contributed by atoms with E-state index in [0.29, 0.717) is 12.0 Å². The Morgan fingerprint density at radius 1 is 1.08 bits per heavy atom. The largest absolute Gasteiger partial charge is 0.348 e. The number of carbonyl (C=O) groups is 1. The van der Waals surface area contributed by atoms with Crippen molar-refractivity contribution < 1.29 is 4.79 Å². The molecule has 2 aromatic rings. The van der Waals surface area contributed by atoms with Crippen LogP contribution in [0.4, 0.5) is 0 Å². The molecule has 3 saturated heterocycles. The summed E-state index contributed by atoms with van der Waals surface area (Å²) in [6, 6.07) is 16.8. The molecule has 5 rings (SSSR count). The van der Waals surface area contributed by atoms with Crippen LogP contribution in [0.25, 0.3) is 0 Å². The van der Waals surface area contributed by atoms with Crippen LogP contribution in [0.2, 0.25) is 0 Å². The Kier molecular flexibility index (Phi) is 4.58. The molecular weight excluding hydrogens is 308 g/mol. The van der Waals surface area contributed by atoms with Crippen molar-refractivity contribution in [2.75, 3.05) is 19.6 Å². The van der Waals surface area contributed by atoms with Crippen molar-refractivity contribution in [3.05, 3.63) is 70.8 Å². The Morgan fingerprint density at radius 3 is 2.52 bits per heavy atom. The summed E-state index contributed by atoms with van der Waals surface area (Å²) in [5.41, 5.74) is 4.41. The summed E-state index contributed by atoms with van der Waals surface area (Å²) in [5.74, 6) is 0.740. The van der Waals surface area contributed by atoms with E-state index in [9.17, 15) is 4.79 Å². The van der Waals surface area contributed by atoms with Gasteiger partial charge in [0.05, 0.1) is 0 Å². The van der Waals surface area contributed by atoms with Gasteiger partial charge in [0.2, 0.25) is 0 Å². The van der Waals surface area contributed by atoms with Crippen molar-refractivity contribution in [3.63, 3.8) is 0 Å². The molecule has 0 radical (unpaired) electrons. The number of rotatable bonds is 4. The maximum atomic E-state index is 13.0. The van der Waals surface area contributed by atoms with Crippen molar-refractivity contribution in [2.45, 2.75) is 32.2 Å². The lowest BCUT2D eigenvalue weighted by Crippen LogP contribution is -2.57. The van der Waals surface area contributed by atoms with Crippen molar-refractivity contribution in [1.29, 1.82) is 0 Å². The quantitative estimate of drug-likeness (QED) is 0.929. The molecule has 2 bridgehead atoms. The van der Waals surface area contributed by atoms with E-state index in [1.807, 2.05) is 18.2 Å². The second-order valence-corrected chi connectivity index (χ2v) is 7.48. The van der Waals surface area contributed by atoms with Crippen LogP contribution < -0.4 is 5.32 Å². The molecule has 2 aromatic carbocycles. The van der Waals surface area contributed by atoms with Gasteiger partial charge in [0, 0.05) is 18.2 Å². The van der Waals surface area contributed by atoms with Crippen LogP contribution in [0.1, 0.15) is 39.9 Å². The van der Waals surface area contributed by atoms with Crippen LogP contribution in [0, 0.1) is 12.8 Å². The Hall–Kier alpha value is -2.13. The first-order valence-corrected chi connectivity index (χ1v) is 9.36. The fraction of sp³-hybridized carbons (Fsp3) is 0.409. The lowest BCUT2D eigenvalue weighted by atomic mass is 9.84. The predicted molar refractivity (Wildman–Crippen MR) is 101 cm³/mol. The Labute approximate surface area is 150 Å². The number of benzene rings is 2. The normalized spacial score (nSPS) is 24.9. The molecule has 0 aliphatic carbocycles. The van der Waals surface area contributed by atoms with Gasteiger partial charge in [-0.2, -0.15) is 0 Å². The third-order valence-corrected chi connectivity index (χ3v) is 5.85. The molecule has 130 valence electrons. The van der Waals surface area contributed by atoms with Gasteiger partial charge in [0.25, 0.3) is 5.91 Å². The number of hydrogen-bond acceptors (Lipinski definition) is 2. The molecule has 1 unspecified atom stereocenters. The van der Waals surface area contributed by atoms with Crippen molar-refractivity contribution in [3.8, 4) is 0 Å². The molecule has 0 spiro atoms. The highest BCUT2D eigenvalue weighted by atomic mass is 16.1. The molecule has 1 N–H and O–H groups in total. The summed E-state index contributed by atoms with van der Waals surface area (Å²) >= 11 is 0. The number of piperidine rings is 3. The van der Waals surface area contributed by atoms with E-state index < -0.39 is 0 Å². The van der Waals surface area contributed by atoms with Gasteiger partial charge < -0.3 is 10.2 Å². The first-order valence-electron chi connectivity index (χ1n) is 9.36. The number of nitrogens with one attached hydrogen (secondary N) is 1. The van der Waals surface area contributed by atoms with E-state index in [1.54, 1.807) is 0 Å². The maximum absolute atomic E-state index is 13.0. The Bertz CT molecular complexity index is 748. The van der Waals surface area contributed by atoms with Crippen LogP contribution >= 0.6 is 0 Å². The molecule has 1 amide bonds. The molecule has 3 nitrogen and oxygen atoms in total. The zero-order valence-electron chi connectivity index (χ0n) is 14.9. The number of aryl methyl sites for hydroxylation is 1. The fourth-order valence-corrected chi connectivity index (χ4v) is 4.32. The van der Waals surface area contributed by atoms with Gasteiger partial charge in [-0.05, 0) is 68.0 Å². The van der Waals surface area contributed by atoms with Crippen LogP contribution in [-0.2, 0) is 6.42 Å². The number of hydrogen-bond donors (Lipinski definition) is 1. The summed E-state index contributed by atoms with van der Waals surface area (Å²) < 4.78 is 0. The molecule has 0 aromatic heterocycles. The Morgan fingerprint density at radius 2 is 1.84 bits per heavy atom. The van der Waals surface area contributed by atoms with E-state index in [2.05, 4.69) is 47.5 Å². The van der Waals surface area contributed by atoms with Crippen molar-refractivity contribution >= 4 is 5.91 Å². The second kappa shape index (κ2) is 7.01. The van der Waals surface area contributed by atoms with Gasteiger partial charge in [-0.25, -0.2) is 0 Å². The highest BCUT2D eigenvalue weighted by Crippen LogP contribution is 2.28. The predicted octanol–water partition coefficient (Wildman–Crippen LogP) is 3.41. The van der Waals surface area contributed by atoms with E-state index in [1.165, 1.54) is 37.1 Å². The molecule has 3 aliphatic rings. The fourth-order valence-electron chi connectivity index (χ4n) is 4.32. The van der Waals surface area contributed by atoms with E-state index in [0.717, 1.165) is 24.1 Å². The topological polar surface area (TPSA) is 32.3 Å². The molecule has 3 heteroatoms. The summed E-state index contributed by atoms with van der Waals surface area (Å²) in [6.07, 6.45) is 3.24. The number of fused-ring (bicyclic) bond motifs is 3. The zero-order valence-corrected chi connectivity index (χ0v) is 14.9. The molecule has 1 atom stereocenters. The summed E-state index contributed by atoms with van der Waals surface area (Å²) in [7, 11) is 0. The lowest BCUT2D eigenvalue weighted by molar-refractivity contribution is 0.0620. The minimum absolute atomic E-state index is 0.0911. The molecule has 0 saturated carbocycles. The van der Waals surface area contributed by atoms with Crippen LogP contribution in [0.5, 0.6) is 0 Å². The SMILES string of the molecule is Cc1cccc(C(=O)NC2CN3CCC2CC3)c1Cc1ccccc1. The standard InChI is InChI=1S/C22H26N2O/c1-16-6-5-9-19(20(16)14-17-7-3-2-4-8-17)22(25)23-21-15-24-12-10-18(21)11-13-24/h2-9,18,21H,10-15H2,1H3,(H,23,25). The zero-order chi connectivity index (χ0) is 17.2. The van der Waals surface area contributed by atoms with Gasteiger partial charge in [-0.15, -0.1) is 0 Å². The van der Waals surface area contributed by atoms with E-state index >= 15 is 0 Å². The summed E-state index contributed by atoms with van der Waals surface area (Å²) in [6.45, 7) is 5.50. The van der Waals surface area contributed by atoms with E-state index in [-0.39, 0.29) is 5.91 Å².